The Bertz CT molecular complexity index is 587. The topological polar surface area (TPSA) is 94.6 Å². The molecule has 0 atom stereocenters. The van der Waals surface area contributed by atoms with Crippen molar-refractivity contribution in [1.82, 2.24) is 20.3 Å². The lowest BCUT2D eigenvalue weighted by atomic mass is 10.2. The van der Waals surface area contributed by atoms with Crippen LogP contribution in [0.3, 0.4) is 0 Å². The van der Waals surface area contributed by atoms with Crippen molar-refractivity contribution in [1.29, 1.82) is 5.26 Å². The van der Waals surface area contributed by atoms with Crippen LogP contribution in [0.4, 0.5) is 5.95 Å². The Morgan fingerprint density at radius 3 is 2.79 bits per heavy atom. The van der Waals surface area contributed by atoms with E-state index in [9.17, 15) is 0 Å². The number of aromatic amines is 1. The molecule has 0 radical (unpaired) electrons. The van der Waals surface area contributed by atoms with Crippen molar-refractivity contribution in [2.45, 2.75) is 25.7 Å². The van der Waals surface area contributed by atoms with Crippen molar-refractivity contribution >= 4 is 5.95 Å². The van der Waals surface area contributed by atoms with Crippen molar-refractivity contribution in [3.63, 3.8) is 0 Å². The molecule has 1 fully saturated rings. The van der Waals surface area contributed by atoms with Gasteiger partial charge in [0.2, 0.25) is 0 Å². The summed E-state index contributed by atoms with van der Waals surface area (Å²) >= 11 is 0. The van der Waals surface area contributed by atoms with Gasteiger partial charge in [0.25, 0.3) is 11.8 Å². The molecule has 0 aliphatic carbocycles. The number of anilines is 1. The van der Waals surface area contributed by atoms with Gasteiger partial charge in [-0.25, -0.2) is 0 Å². The minimum atomic E-state index is 0.338. The smallest absolute Gasteiger partial charge is 0.266 e. The van der Waals surface area contributed by atoms with Crippen LogP contribution in [0.1, 0.15) is 31.4 Å². The van der Waals surface area contributed by atoms with E-state index in [0.29, 0.717) is 23.1 Å². The molecule has 7 heteroatoms. The SMILES string of the molecule is N#Cc1[nH]ncc1-c1nc(N2CCCCCC2)no1. The molecule has 1 aliphatic rings. The summed E-state index contributed by atoms with van der Waals surface area (Å²) in [7, 11) is 0. The zero-order valence-corrected chi connectivity index (χ0v) is 10.5. The average molecular weight is 258 g/mol. The van der Waals surface area contributed by atoms with Crippen LogP contribution in [0, 0.1) is 11.3 Å². The summed E-state index contributed by atoms with van der Waals surface area (Å²) in [6.07, 6.45) is 6.33. The van der Waals surface area contributed by atoms with Gasteiger partial charge in [0, 0.05) is 13.1 Å². The molecule has 3 heterocycles. The Balaban J connectivity index is 1.85. The summed E-state index contributed by atoms with van der Waals surface area (Å²) in [5, 5.41) is 19.4. The molecular formula is C12H14N6O. The van der Waals surface area contributed by atoms with E-state index in [2.05, 4.69) is 25.2 Å². The van der Waals surface area contributed by atoms with Crippen LogP contribution < -0.4 is 4.90 Å². The van der Waals surface area contributed by atoms with Gasteiger partial charge in [0.1, 0.15) is 11.8 Å². The van der Waals surface area contributed by atoms with E-state index in [1.54, 1.807) is 0 Å². The molecule has 98 valence electrons. The quantitative estimate of drug-likeness (QED) is 0.881. The second-order valence-corrected chi connectivity index (χ2v) is 4.57. The Kier molecular flexibility index (Phi) is 3.14. The van der Waals surface area contributed by atoms with Crippen molar-refractivity contribution in [3.05, 3.63) is 11.9 Å². The van der Waals surface area contributed by atoms with Crippen LogP contribution in [0.15, 0.2) is 10.7 Å². The minimum absolute atomic E-state index is 0.338. The molecule has 0 spiro atoms. The summed E-state index contributed by atoms with van der Waals surface area (Å²) in [5.74, 6) is 0.937. The normalized spacial score (nSPS) is 16.1. The first-order valence-electron chi connectivity index (χ1n) is 6.41. The Morgan fingerprint density at radius 2 is 2.05 bits per heavy atom. The zero-order valence-electron chi connectivity index (χ0n) is 10.5. The minimum Gasteiger partial charge on any atom is -0.338 e. The van der Waals surface area contributed by atoms with E-state index in [1.807, 2.05) is 6.07 Å². The molecule has 2 aromatic heterocycles. The highest BCUT2D eigenvalue weighted by Gasteiger charge is 2.19. The maximum Gasteiger partial charge on any atom is 0.266 e. The Hall–Kier alpha value is -2.36. The fourth-order valence-electron chi connectivity index (χ4n) is 2.26. The van der Waals surface area contributed by atoms with Crippen LogP contribution in [-0.4, -0.2) is 33.4 Å². The third-order valence-electron chi connectivity index (χ3n) is 3.29. The lowest BCUT2D eigenvalue weighted by Crippen LogP contribution is -2.24. The van der Waals surface area contributed by atoms with Gasteiger partial charge < -0.3 is 9.42 Å². The second-order valence-electron chi connectivity index (χ2n) is 4.57. The highest BCUT2D eigenvalue weighted by Crippen LogP contribution is 2.23. The van der Waals surface area contributed by atoms with Crippen LogP contribution in [0.25, 0.3) is 11.5 Å². The molecule has 0 amide bonds. The van der Waals surface area contributed by atoms with E-state index >= 15 is 0 Å². The molecule has 3 rings (SSSR count). The Morgan fingerprint density at radius 1 is 1.26 bits per heavy atom. The number of rotatable bonds is 2. The van der Waals surface area contributed by atoms with Gasteiger partial charge in [-0.05, 0) is 18.0 Å². The number of nitrogens with zero attached hydrogens (tertiary/aromatic N) is 5. The van der Waals surface area contributed by atoms with Gasteiger partial charge in [-0.1, -0.05) is 12.8 Å². The van der Waals surface area contributed by atoms with Crippen LogP contribution >= 0.6 is 0 Å². The monoisotopic (exact) mass is 258 g/mol. The van der Waals surface area contributed by atoms with Gasteiger partial charge in [0.15, 0.2) is 0 Å². The van der Waals surface area contributed by atoms with Crippen LogP contribution in [-0.2, 0) is 0 Å². The first-order valence-corrected chi connectivity index (χ1v) is 6.41. The van der Waals surface area contributed by atoms with E-state index in [0.717, 1.165) is 25.9 Å². The summed E-state index contributed by atoms with van der Waals surface area (Å²) in [6.45, 7) is 1.91. The molecule has 7 nitrogen and oxygen atoms in total. The third kappa shape index (κ3) is 2.29. The molecular weight excluding hydrogens is 244 g/mol. The highest BCUT2D eigenvalue weighted by molar-refractivity contribution is 5.60. The lowest BCUT2D eigenvalue weighted by molar-refractivity contribution is 0.429. The van der Waals surface area contributed by atoms with E-state index in [4.69, 9.17) is 9.78 Å². The summed E-state index contributed by atoms with van der Waals surface area (Å²) in [6, 6.07) is 2.01. The molecule has 0 aromatic carbocycles. The number of hydrogen-bond donors (Lipinski definition) is 1. The molecule has 1 aliphatic heterocycles. The lowest BCUT2D eigenvalue weighted by Gasteiger charge is -2.16. The number of aromatic nitrogens is 4. The van der Waals surface area contributed by atoms with Gasteiger partial charge in [0.05, 0.1) is 11.8 Å². The molecule has 0 unspecified atom stereocenters. The van der Waals surface area contributed by atoms with Crippen molar-refractivity contribution in [3.8, 4) is 17.5 Å². The maximum absolute atomic E-state index is 8.94. The summed E-state index contributed by atoms with van der Waals surface area (Å²) < 4.78 is 5.23. The molecule has 19 heavy (non-hydrogen) atoms. The third-order valence-corrected chi connectivity index (χ3v) is 3.29. The van der Waals surface area contributed by atoms with Crippen molar-refractivity contribution < 1.29 is 4.52 Å². The maximum atomic E-state index is 8.94. The number of H-pyrrole nitrogens is 1. The van der Waals surface area contributed by atoms with E-state index in [-0.39, 0.29) is 0 Å². The number of nitrogens with one attached hydrogen (secondary N) is 1. The number of nitriles is 1. The van der Waals surface area contributed by atoms with E-state index < -0.39 is 0 Å². The van der Waals surface area contributed by atoms with E-state index in [1.165, 1.54) is 19.0 Å². The first kappa shape index (κ1) is 11.7. The molecule has 2 aromatic rings. The fraction of sp³-hybridized carbons (Fsp3) is 0.500. The van der Waals surface area contributed by atoms with Crippen molar-refractivity contribution in [2.24, 2.45) is 0 Å². The molecule has 0 saturated carbocycles. The van der Waals surface area contributed by atoms with Gasteiger partial charge in [-0.3, -0.25) is 5.10 Å². The van der Waals surface area contributed by atoms with Gasteiger partial charge >= 0.3 is 0 Å². The standard InChI is InChI=1S/C12H14N6O/c13-7-10-9(8-14-16-10)11-15-12(17-19-11)18-5-3-1-2-4-6-18/h8H,1-6H2,(H,14,16). The van der Waals surface area contributed by atoms with Gasteiger partial charge in [-0.15, -0.1) is 0 Å². The highest BCUT2D eigenvalue weighted by atomic mass is 16.5. The summed E-state index contributed by atoms with van der Waals surface area (Å²) in [4.78, 5) is 6.49. The van der Waals surface area contributed by atoms with Gasteiger partial charge in [-0.2, -0.15) is 15.3 Å². The van der Waals surface area contributed by atoms with Crippen molar-refractivity contribution in [2.75, 3.05) is 18.0 Å². The zero-order chi connectivity index (χ0) is 13.1. The molecule has 0 bridgehead atoms. The van der Waals surface area contributed by atoms with Crippen LogP contribution in [0.5, 0.6) is 0 Å². The molecule has 1 N–H and O–H groups in total. The largest absolute Gasteiger partial charge is 0.338 e. The second kappa shape index (κ2) is 5.10. The fourth-order valence-corrected chi connectivity index (χ4v) is 2.26. The number of hydrogen-bond acceptors (Lipinski definition) is 6. The van der Waals surface area contributed by atoms with Crippen LogP contribution in [0.2, 0.25) is 0 Å². The molecule has 1 saturated heterocycles. The Labute approximate surface area is 110 Å². The predicted molar refractivity (Wildman–Crippen MR) is 67.3 cm³/mol. The summed E-state index contributed by atoms with van der Waals surface area (Å²) in [5.41, 5.74) is 0.891. The first-order chi connectivity index (χ1) is 9.38. The predicted octanol–water partition coefficient (Wildman–Crippen LogP) is 1.71. The average Bonchev–Trinajstić information content (AvgIpc) is 3.01.